The quantitative estimate of drug-likeness (QED) is 0.556. The average Bonchev–Trinajstić information content (AvgIpc) is 2.34. The van der Waals surface area contributed by atoms with E-state index in [0.717, 1.165) is 19.1 Å². The van der Waals surface area contributed by atoms with Crippen LogP contribution in [-0.2, 0) is 0 Å². The summed E-state index contributed by atoms with van der Waals surface area (Å²) in [7, 11) is 0. The van der Waals surface area contributed by atoms with E-state index in [-0.39, 0.29) is 0 Å². The number of nitrogens with one attached hydrogen (secondary N) is 1. The monoisotopic (exact) mass is 242 g/mol. The van der Waals surface area contributed by atoms with Crippen LogP contribution in [0.3, 0.4) is 0 Å². The van der Waals surface area contributed by atoms with E-state index in [1.807, 2.05) is 0 Å². The van der Waals surface area contributed by atoms with Crippen molar-refractivity contribution in [1.82, 2.24) is 10.2 Å². The number of rotatable bonds is 11. The Morgan fingerprint density at radius 3 is 2.18 bits per heavy atom. The first-order chi connectivity index (χ1) is 8.17. The van der Waals surface area contributed by atoms with Gasteiger partial charge in [-0.25, -0.2) is 0 Å². The highest BCUT2D eigenvalue weighted by atomic mass is 15.2. The van der Waals surface area contributed by atoms with Crippen molar-refractivity contribution in [2.24, 2.45) is 0 Å². The third-order valence-corrected chi connectivity index (χ3v) is 3.66. The Hall–Kier alpha value is -0.0800. The van der Waals surface area contributed by atoms with Crippen LogP contribution in [0.4, 0.5) is 0 Å². The topological polar surface area (TPSA) is 15.3 Å². The van der Waals surface area contributed by atoms with E-state index in [1.54, 1.807) is 0 Å². The van der Waals surface area contributed by atoms with E-state index in [2.05, 4.69) is 44.8 Å². The van der Waals surface area contributed by atoms with Gasteiger partial charge in [0.15, 0.2) is 0 Å². The summed E-state index contributed by atoms with van der Waals surface area (Å²) in [5.41, 5.74) is 0. The molecule has 0 rings (SSSR count). The molecule has 0 fully saturated rings. The summed E-state index contributed by atoms with van der Waals surface area (Å²) in [5, 5.41) is 3.51. The third kappa shape index (κ3) is 7.77. The Morgan fingerprint density at radius 1 is 0.941 bits per heavy atom. The largest absolute Gasteiger partial charge is 0.317 e. The summed E-state index contributed by atoms with van der Waals surface area (Å²) in [6.07, 6.45) is 6.40. The highest BCUT2D eigenvalue weighted by molar-refractivity contribution is 4.73. The van der Waals surface area contributed by atoms with Crippen LogP contribution >= 0.6 is 0 Å². The summed E-state index contributed by atoms with van der Waals surface area (Å²) in [6, 6.07) is 1.43. The second kappa shape index (κ2) is 11.0. The zero-order valence-corrected chi connectivity index (χ0v) is 12.8. The summed E-state index contributed by atoms with van der Waals surface area (Å²) in [5.74, 6) is 0. The van der Waals surface area contributed by atoms with E-state index in [9.17, 15) is 0 Å². The lowest BCUT2D eigenvalue weighted by Gasteiger charge is -2.34. The first-order valence-electron chi connectivity index (χ1n) is 7.63. The summed E-state index contributed by atoms with van der Waals surface area (Å²) >= 11 is 0. The highest BCUT2D eigenvalue weighted by Gasteiger charge is 2.17. The summed E-state index contributed by atoms with van der Waals surface area (Å²) in [4.78, 5) is 2.69. The standard InChI is InChI=1S/C15H34N2/c1-6-9-13-17(14(4)8-3)15(5)10-12-16-11-7-2/h14-16H,6-13H2,1-5H3. The third-order valence-electron chi connectivity index (χ3n) is 3.66. The Labute approximate surface area is 109 Å². The van der Waals surface area contributed by atoms with Gasteiger partial charge in [0.2, 0.25) is 0 Å². The van der Waals surface area contributed by atoms with Crippen molar-refractivity contribution in [2.45, 2.75) is 78.8 Å². The van der Waals surface area contributed by atoms with Crippen LogP contribution in [0.5, 0.6) is 0 Å². The number of unbranched alkanes of at least 4 members (excludes halogenated alkanes) is 1. The molecule has 0 aliphatic carbocycles. The van der Waals surface area contributed by atoms with Gasteiger partial charge >= 0.3 is 0 Å². The van der Waals surface area contributed by atoms with E-state index < -0.39 is 0 Å². The number of nitrogens with zero attached hydrogens (tertiary/aromatic N) is 1. The maximum Gasteiger partial charge on any atom is 0.00818 e. The van der Waals surface area contributed by atoms with Crippen LogP contribution in [-0.4, -0.2) is 36.6 Å². The van der Waals surface area contributed by atoms with Crippen molar-refractivity contribution in [1.29, 1.82) is 0 Å². The van der Waals surface area contributed by atoms with Crippen molar-refractivity contribution >= 4 is 0 Å². The van der Waals surface area contributed by atoms with Crippen molar-refractivity contribution in [3.05, 3.63) is 0 Å². The predicted molar refractivity (Wildman–Crippen MR) is 78.6 cm³/mol. The van der Waals surface area contributed by atoms with Gasteiger partial charge in [0, 0.05) is 12.1 Å². The highest BCUT2D eigenvalue weighted by Crippen LogP contribution is 2.12. The Balaban J connectivity index is 3.98. The Bertz CT molecular complexity index is 159. The minimum Gasteiger partial charge on any atom is -0.317 e. The van der Waals surface area contributed by atoms with Crippen LogP contribution < -0.4 is 5.32 Å². The fraction of sp³-hybridized carbons (Fsp3) is 1.00. The van der Waals surface area contributed by atoms with Gasteiger partial charge in [0.1, 0.15) is 0 Å². The molecule has 0 aromatic carbocycles. The van der Waals surface area contributed by atoms with Crippen molar-refractivity contribution < 1.29 is 0 Å². The molecule has 2 atom stereocenters. The molecule has 0 radical (unpaired) electrons. The van der Waals surface area contributed by atoms with E-state index in [1.165, 1.54) is 38.6 Å². The minimum atomic E-state index is 0.709. The van der Waals surface area contributed by atoms with Gasteiger partial charge in [-0.1, -0.05) is 27.2 Å². The Kier molecular flexibility index (Phi) is 11.0. The molecule has 0 bridgehead atoms. The number of hydrogen-bond donors (Lipinski definition) is 1. The summed E-state index contributed by atoms with van der Waals surface area (Å²) in [6.45, 7) is 15.1. The molecule has 17 heavy (non-hydrogen) atoms. The first kappa shape index (κ1) is 16.9. The molecule has 0 spiro atoms. The van der Waals surface area contributed by atoms with Crippen molar-refractivity contribution in [2.75, 3.05) is 19.6 Å². The lowest BCUT2D eigenvalue weighted by molar-refractivity contribution is 0.140. The molecule has 0 amide bonds. The van der Waals surface area contributed by atoms with Crippen molar-refractivity contribution in [3.8, 4) is 0 Å². The second-order valence-corrected chi connectivity index (χ2v) is 5.24. The van der Waals surface area contributed by atoms with E-state index in [4.69, 9.17) is 0 Å². The normalized spacial score (nSPS) is 15.2. The molecule has 2 heteroatoms. The molecular formula is C15H34N2. The molecule has 0 saturated heterocycles. The smallest absolute Gasteiger partial charge is 0.00818 e. The minimum absolute atomic E-state index is 0.709. The molecule has 1 N–H and O–H groups in total. The van der Waals surface area contributed by atoms with Crippen LogP contribution in [0.2, 0.25) is 0 Å². The van der Waals surface area contributed by atoms with Gasteiger partial charge in [0.05, 0.1) is 0 Å². The summed E-state index contributed by atoms with van der Waals surface area (Å²) < 4.78 is 0. The molecule has 0 aliphatic rings. The zero-order chi connectivity index (χ0) is 13.1. The lowest BCUT2D eigenvalue weighted by atomic mass is 10.1. The Morgan fingerprint density at radius 2 is 1.65 bits per heavy atom. The first-order valence-corrected chi connectivity index (χ1v) is 7.63. The molecule has 0 aromatic rings. The van der Waals surface area contributed by atoms with Crippen LogP contribution in [0, 0.1) is 0 Å². The lowest BCUT2D eigenvalue weighted by Crippen LogP contribution is -2.42. The molecule has 0 aromatic heterocycles. The fourth-order valence-electron chi connectivity index (χ4n) is 2.23. The van der Waals surface area contributed by atoms with Gasteiger partial charge in [0.25, 0.3) is 0 Å². The SMILES string of the molecule is CCCCN(C(C)CC)C(C)CCNCCC. The second-order valence-electron chi connectivity index (χ2n) is 5.24. The number of hydrogen-bond acceptors (Lipinski definition) is 2. The molecule has 2 nitrogen and oxygen atoms in total. The van der Waals surface area contributed by atoms with E-state index in [0.29, 0.717) is 6.04 Å². The van der Waals surface area contributed by atoms with Crippen LogP contribution in [0.25, 0.3) is 0 Å². The van der Waals surface area contributed by atoms with Crippen LogP contribution in [0.15, 0.2) is 0 Å². The molecule has 0 saturated carbocycles. The van der Waals surface area contributed by atoms with Gasteiger partial charge in [-0.3, -0.25) is 4.90 Å². The van der Waals surface area contributed by atoms with Gasteiger partial charge in [-0.2, -0.15) is 0 Å². The average molecular weight is 242 g/mol. The zero-order valence-electron chi connectivity index (χ0n) is 12.8. The van der Waals surface area contributed by atoms with E-state index >= 15 is 0 Å². The maximum absolute atomic E-state index is 3.51. The van der Waals surface area contributed by atoms with Gasteiger partial charge in [-0.15, -0.1) is 0 Å². The van der Waals surface area contributed by atoms with Gasteiger partial charge < -0.3 is 5.32 Å². The van der Waals surface area contributed by atoms with Crippen LogP contribution in [0.1, 0.15) is 66.7 Å². The predicted octanol–water partition coefficient (Wildman–Crippen LogP) is 3.67. The maximum atomic E-state index is 3.51. The fourth-order valence-corrected chi connectivity index (χ4v) is 2.23. The molecule has 0 heterocycles. The van der Waals surface area contributed by atoms with Gasteiger partial charge in [-0.05, 0) is 59.2 Å². The molecule has 0 aliphatic heterocycles. The molecule has 2 unspecified atom stereocenters. The molecule has 104 valence electrons. The molecular weight excluding hydrogens is 208 g/mol. The van der Waals surface area contributed by atoms with Crippen molar-refractivity contribution in [3.63, 3.8) is 0 Å².